The topological polar surface area (TPSA) is 83.5 Å². The van der Waals surface area contributed by atoms with Gasteiger partial charge in [0.2, 0.25) is 5.91 Å². The number of nitrogens with zero attached hydrogens (tertiary/aromatic N) is 1. The van der Waals surface area contributed by atoms with Crippen molar-refractivity contribution in [1.29, 1.82) is 0 Å². The first-order valence-corrected chi connectivity index (χ1v) is 10.4. The van der Waals surface area contributed by atoms with Gasteiger partial charge in [-0.3, -0.25) is 4.79 Å². The van der Waals surface area contributed by atoms with Gasteiger partial charge in [0.15, 0.2) is 5.82 Å². The molecule has 1 heterocycles. The van der Waals surface area contributed by atoms with Crippen molar-refractivity contribution < 1.29 is 14.6 Å². The van der Waals surface area contributed by atoms with E-state index >= 15 is 0 Å². The molecule has 33 heavy (non-hydrogen) atoms. The number of ether oxygens (including phenoxy) is 1. The highest BCUT2D eigenvalue weighted by Gasteiger charge is 2.06. The number of hydrogen-bond donors (Lipinski definition) is 3. The molecular formula is C27H23N3O3. The number of hydrogen-bond acceptors (Lipinski definition) is 5. The number of phenolic OH excluding ortho intramolecular Hbond substituents is 1. The van der Waals surface area contributed by atoms with E-state index in [0.717, 1.165) is 22.6 Å². The maximum atomic E-state index is 12.5. The lowest BCUT2D eigenvalue weighted by Crippen LogP contribution is -2.10. The van der Waals surface area contributed by atoms with Crippen LogP contribution in [0, 0.1) is 0 Å². The molecule has 164 valence electrons. The molecule has 0 aliphatic heterocycles. The molecule has 0 atom stereocenters. The fraction of sp³-hybridized carbons (Fsp3) is 0.0370. The molecule has 0 fully saturated rings. The zero-order valence-corrected chi connectivity index (χ0v) is 17.8. The predicted octanol–water partition coefficient (Wildman–Crippen LogP) is 5.76. The molecule has 0 spiro atoms. The Morgan fingerprint density at radius 1 is 0.909 bits per heavy atom. The van der Waals surface area contributed by atoms with Crippen molar-refractivity contribution in [2.45, 2.75) is 6.61 Å². The second-order valence-electron chi connectivity index (χ2n) is 7.24. The summed E-state index contributed by atoms with van der Waals surface area (Å²) in [6.45, 7) is 0.504. The Hall–Kier alpha value is -4.58. The Morgan fingerprint density at radius 2 is 1.67 bits per heavy atom. The molecule has 0 unspecified atom stereocenters. The van der Waals surface area contributed by atoms with Gasteiger partial charge in [0, 0.05) is 18.0 Å². The van der Waals surface area contributed by atoms with Crippen LogP contribution in [0.3, 0.4) is 0 Å². The normalized spacial score (nSPS) is 10.7. The van der Waals surface area contributed by atoms with Crippen LogP contribution in [-0.2, 0) is 11.4 Å². The number of phenols is 1. The minimum Gasteiger partial charge on any atom is -0.508 e. The van der Waals surface area contributed by atoms with Crippen LogP contribution >= 0.6 is 0 Å². The minimum atomic E-state index is -0.277. The zero-order chi connectivity index (χ0) is 22.9. The standard InChI is InChI=1S/C27H23N3O3/c31-23-13-11-22(12-14-23)29-27-25(7-4-18-28-27)30-26(32)17-10-20-8-15-24(16-9-20)33-19-21-5-2-1-3-6-21/h1-18,31H,19H2,(H,28,29)(H,30,32)/b17-10+. The van der Waals surface area contributed by atoms with Crippen molar-refractivity contribution in [3.05, 3.63) is 114 Å². The summed E-state index contributed by atoms with van der Waals surface area (Å²) < 4.78 is 5.79. The fourth-order valence-electron chi connectivity index (χ4n) is 3.05. The molecule has 1 amide bonds. The lowest BCUT2D eigenvalue weighted by molar-refractivity contribution is -0.111. The van der Waals surface area contributed by atoms with Crippen LogP contribution in [-0.4, -0.2) is 16.0 Å². The monoisotopic (exact) mass is 437 g/mol. The van der Waals surface area contributed by atoms with Gasteiger partial charge >= 0.3 is 0 Å². The van der Waals surface area contributed by atoms with E-state index < -0.39 is 0 Å². The number of aromatic hydroxyl groups is 1. The third kappa shape index (κ3) is 6.45. The molecule has 0 aliphatic carbocycles. The number of benzene rings is 3. The van der Waals surface area contributed by atoms with E-state index in [2.05, 4.69) is 15.6 Å². The minimum absolute atomic E-state index is 0.177. The highest BCUT2D eigenvalue weighted by molar-refractivity contribution is 6.03. The number of amides is 1. The van der Waals surface area contributed by atoms with Crippen LogP contribution in [0.25, 0.3) is 6.08 Å². The summed E-state index contributed by atoms with van der Waals surface area (Å²) in [7, 11) is 0. The lowest BCUT2D eigenvalue weighted by atomic mass is 10.2. The van der Waals surface area contributed by atoms with Crippen molar-refractivity contribution in [1.82, 2.24) is 4.98 Å². The van der Waals surface area contributed by atoms with E-state index in [-0.39, 0.29) is 11.7 Å². The fourth-order valence-corrected chi connectivity index (χ4v) is 3.05. The van der Waals surface area contributed by atoms with Crippen molar-refractivity contribution in [2.24, 2.45) is 0 Å². The molecule has 0 bridgehead atoms. The van der Waals surface area contributed by atoms with Gasteiger partial charge in [-0.05, 0) is 65.7 Å². The third-order valence-corrected chi connectivity index (χ3v) is 4.75. The number of pyridine rings is 1. The Labute approximate surface area is 192 Å². The van der Waals surface area contributed by atoms with E-state index in [1.807, 2.05) is 54.6 Å². The maximum Gasteiger partial charge on any atom is 0.248 e. The second kappa shape index (κ2) is 10.6. The van der Waals surface area contributed by atoms with E-state index in [1.54, 1.807) is 48.7 Å². The lowest BCUT2D eigenvalue weighted by Gasteiger charge is -2.11. The third-order valence-electron chi connectivity index (χ3n) is 4.75. The van der Waals surface area contributed by atoms with Crippen molar-refractivity contribution in [2.75, 3.05) is 10.6 Å². The molecule has 1 aromatic heterocycles. The first-order valence-electron chi connectivity index (χ1n) is 10.4. The van der Waals surface area contributed by atoms with Crippen LogP contribution in [0.15, 0.2) is 103 Å². The summed E-state index contributed by atoms with van der Waals surface area (Å²) in [6.07, 6.45) is 4.84. The van der Waals surface area contributed by atoms with Crippen LogP contribution in [0.2, 0.25) is 0 Å². The molecule has 6 nitrogen and oxygen atoms in total. The van der Waals surface area contributed by atoms with Gasteiger partial charge < -0.3 is 20.5 Å². The number of anilines is 3. The Kier molecular flexibility index (Phi) is 6.98. The SMILES string of the molecule is O=C(/C=C/c1ccc(OCc2ccccc2)cc1)Nc1cccnc1Nc1ccc(O)cc1. The molecule has 0 radical (unpaired) electrons. The van der Waals surface area contributed by atoms with E-state index in [0.29, 0.717) is 18.1 Å². The van der Waals surface area contributed by atoms with Gasteiger partial charge in [0.05, 0.1) is 5.69 Å². The molecule has 0 saturated heterocycles. The van der Waals surface area contributed by atoms with Crippen molar-refractivity contribution in [3.8, 4) is 11.5 Å². The van der Waals surface area contributed by atoms with E-state index in [4.69, 9.17) is 4.74 Å². The first-order chi connectivity index (χ1) is 16.2. The summed E-state index contributed by atoms with van der Waals surface area (Å²) in [5, 5.41) is 15.4. The number of aromatic nitrogens is 1. The molecule has 3 N–H and O–H groups in total. The van der Waals surface area contributed by atoms with Crippen molar-refractivity contribution in [3.63, 3.8) is 0 Å². The molecule has 0 aliphatic rings. The van der Waals surface area contributed by atoms with E-state index in [9.17, 15) is 9.90 Å². The van der Waals surface area contributed by atoms with Crippen molar-refractivity contribution >= 4 is 29.2 Å². The van der Waals surface area contributed by atoms with Gasteiger partial charge in [-0.1, -0.05) is 42.5 Å². The molecule has 4 rings (SSSR count). The highest BCUT2D eigenvalue weighted by Crippen LogP contribution is 2.24. The maximum absolute atomic E-state index is 12.5. The van der Waals surface area contributed by atoms with Crippen LogP contribution in [0.1, 0.15) is 11.1 Å². The van der Waals surface area contributed by atoms with Gasteiger partial charge in [0.25, 0.3) is 0 Å². The summed E-state index contributed by atoms with van der Waals surface area (Å²) in [5.74, 6) is 1.17. The Morgan fingerprint density at radius 3 is 2.42 bits per heavy atom. The molecule has 4 aromatic rings. The Bertz CT molecular complexity index is 1220. The molecule has 3 aromatic carbocycles. The average molecular weight is 437 g/mol. The van der Waals surface area contributed by atoms with Gasteiger partial charge in [-0.25, -0.2) is 4.98 Å². The van der Waals surface area contributed by atoms with Gasteiger partial charge in [0.1, 0.15) is 18.1 Å². The molecular weight excluding hydrogens is 414 g/mol. The molecule has 0 saturated carbocycles. The smallest absolute Gasteiger partial charge is 0.248 e. The summed E-state index contributed by atoms with van der Waals surface area (Å²) in [5.41, 5.74) is 3.27. The first kappa shape index (κ1) is 21.6. The Balaban J connectivity index is 1.34. The average Bonchev–Trinajstić information content (AvgIpc) is 2.85. The van der Waals surface area contributed by atoms with Gasteiger partial charge in [-0.15, -0.1) is 0 Å². The number of carbonyl (C=O) groups excluding carboxylic acids is 1. The van der Waals surface area contributed by atoms with E-state index in [1.165, 1.54) is 6.08 Å². The predicted molar refractivity (Wildman–Crippen MR) is 131 cm³/mol. The zero-order valence-electron chi connectivity index (χ0n) is 17.8. The summed E-state index contributed by atoms with van der Waals surface area (Å²) >= 11 is 0. The van der Waals surface area contributed by atoms with Crippen LogP contribution in [0.4, 0.5) is 17.2 Å². The second-order valence-corrected chi connectivity index (χ2v) is 7.24. The largest absolute Gasteiger partial charge is 0.508 e. The summed E-state index contributed by atoms with van der Waals surface area (Å²) in [6, 6.07) is 27.6. The highest BCUT2D eigenvalue weighted by atomic mass is 16.5. The molecule has 6 heteroatoms. The number of nitrogens with one attached hydrogen (secondary N) is 2. The number of rotatable bonds is 8. The van der Waals surface area contributed by atoms with Crippen LogP contribution in [0.5, 0.6) is 11.5 Å². The quantitative estimate of drug-likeness (QED) is 0.241. The summed E-state index contributed by atoms with van der Waals surface area (Å²) in [4.78, 5) is 16.7. The van der Waals surface area contributed by atoms with Gasteiger partial charge in [-0.2, -0.15) is 0 Å². The van der Waals surface area contributed by atoms with Crippen LogP contribution < -0.4 is 15.4 Å². The number of carbonyl (C=O) groups is 1.